The van der Waals surface area contributed by atoms with Crippen LogP contribution in [0.15, 0.2) is 112 Å². The predicted octanol–water partition coefficient (Wildman–Crippen LogP) is 7.28. The van der Waals surface area contributed by atoms with E-state index in [1.165, 1.54) is 4.68 Å². The summed E-state index contributed by atoms with van der Waals surface area (Å²) in [6.45, 7) is 6.38. The monoisotopic (exact) mass is 610 g/mol. The highest BCUT2D eigenvalue weighted by Crippen LogP contribution is 2.35. The lowest BCUT2D eigenvalue weighted by atomic mass is 10.1. The molecule has 4 aromatic carbocycles. The molecule has 0 atom stereocenters. The minimum Gasteiger partial charge on any atom is -0.496 e. The summed E-state index contributed by atoms with van der Waals surface area (Å²) in [5, 5.41) is 15.3. The SMILES string of the molecule is C=CCc1cc(C=Nn2c(-c3cc4c(OC)cccc4o3)nc3ccccc3c2=O)cc(OCC)c1OCc1ccccc1C#N. The smallest absolute Gasteiger partial charge is 0.282 e. The summed E-state index contributed by atoms with van der Waals surface area (Å²) < 4.78 is 25.1. The molecule has 0 N–H and O–H groups in total. The van der Waals surface area contributed by atoms with Crippen LogP contribution in [-0.4, -0.2) is 29.6 Å². The standard InChI is InChI=1S/C37H30N4O5/c1-4-11-25-18-24(19-33(44-5-2)35(25)45-23-27-13-7-6-12-26(27)21-38)22-39-41-36(40-30-15-9-8-14-28(30)37(41)42)34-20-29-31(43-3)16-10-17-32(29)46-34/h4,6-10,12-20,22H,1,5,11,23H2,2-3H3. The third-order valence-electron chi connectivity index (χ3n) is 7.37. The Kier molecular flexibility index (Phi) is 8.61. The van der Waals surface area contributed by atoms with Crippen molar-refractivity contribution in [2.24, 2.45) is 5.10 Å². The van der Waals surface area contributed by atoms with Gasteiger partial charge >= 0.3 is 0 Å². The number of ether oxygens (including phenoxy) is 3. The van der Waals surface area contributed by atoms with Crippen LogP contribution >= 0.6 is 0 Å². The second-order valence-corrected chi connectivity index (χ2v) is 10.3. The molecule has 228 valence electrons. The van der Waals surface area contributed by atoms with Crippen molar-refractivity contribution in [3.8, 4) is 34.9 Å². The van der Waals surface area contributed by atoms with Crippen molar-refractivity contribution < 1.29 is 18.6 Å². The summed E-state index contributed by atoms with van der Waals surface area (Å²) >= 11 is 0. The van der Waals surface area contributed by atoms with E-state index < -0.39 is 0 Å². The van der Waals surface area contributed by atoms with Crippen molar-refractivity contribution in [1.29, 1.82) is 5.26 Å². The zero-order valence-corrected chi connectivity index (χ0v) is 25.4. The van der Waals surface area contributed by atoms with Crippen molar-refractivity contribution in [2.75, 3.05) is 13.7 Å². The molecule has 0 amide bonds. The molecule has 0 saturated carbocycles. The van der Waals surface area contributed by atoms with Crippen LogP contribution in [0.3, 0.4) is 0 Å². The number of aromatic nitrogens is 2. The van der Waals surface area contributed by atoms with Gasteiger partial charge < -0.3 is 18.6 Å². The second kappa shape index (κ2) is 13.2. The van der Waals surface area contributed by atoms with Crippen molar-refractivity contribution in [3.05, 3.63) is 130 Å². The van der Waals surface area contributed by atoms with Gasteiger partial charge in [0.2, 0.25) is 5.82 Å². The van der Waals surface area contributed by atoms with Crippen LogP contribution in [0.25, 0.3) is 33.5 Å². The van der Waals surface area contributed by atoms with Gasteiger partial charge in [0.15, 0.2) is 17.3 Å². The van der Waals surface area contributed by atoms with Gasteiger partial charge in [-0.25, -0.2) is 4.98 Å². The maximum absolute atomic E-state index is 13.8. The molecule has 0 bridgehead atoms. The highest BCUT2D eigenvalue weighted by atomic mass is 16.5. The number of fused-ring (bicyclic) bond motifs is 2. The molecule has 46 heavy (non-hydrogen) atoms. The molecule has 0 spiro atoms. The molecule has 9 heteroatoms. The maximum Gasteiger partial charge on any atom is 0.282 e. The van der Waals surface area contributed by atoms with Crippen LogP contribution in [0.2, 0.25) is 0 Å². The Labute approximate surface area is 265 Å². The first-order chi connectivity index (χ1) is 22.5. The van der Waals surface area contributed by atoms with Crippen molar-refractivity contribution >= 4 is 28.1 Å². The number of methoxy groups -OCH3 is 1. The molecule has 0 aliphatic rings. The van der Waals surface area contributed by atoms with E-state index in [2.05, 4.69) is 17.7 Å². The Morgan fingerprint density at radius 1 is 0.978 bits per heavy atom. The zero-order valence-electron chi connectivity index (χ0n) is 25.4. The van der Waals surface area contributed by atoms with E-state index >= 15 is 0 Å². The van der Waals surface area contributed by atoms with E-state index in [9.17, 15) is 10.1 Å². The molecular formula is C37H30N4O5. The summed E-state index contributed by atoms with van der Waals surface area (Å²) in [5.74, 6) is 2.30. The largest absolute Gasteiger partial charge is 0.496 e. The van der Waals surface area contributed by atoms with Gasteiger partial charge in [-0.2, -0.15) is 15.0 Å². The van der Waals surface area contributed by atoms with Crippen molar-refractivity contribution in [2.45, 2.75) is 20.0 Å². The first-order valence-corrected chi connectivity index (χ1v) is 14.7. The van der Waals surface area contributed by atoms with Crippen LogP contribution < -0.4 is 19.8 Å². The molecule has 6 aromatic rings. The number of hydrogen-bond acceptors (Lipinski definition) is 8. The third kappa shape index (κ3) is 5.84. The number of hydrogen-bond donors (Lipinski definition) is 0. The van der Waals surface area contributed by atoms with E-state index in [1.54, 1.807) is 55.8 Å². The molecule has 0 aliphatic carbocycles. The highest BCUT2D eigenvalue weighted by Gasteiger charge is 2.19. The Hall–Kier alpha value is -6.14. The highest BCUT2D eigenvalue weighted by molar-refractivity contribution is 5.89. The number of nitrogens with zero attached hydrogens (tertiary/aromatic N) is 4. The van der Waals surface area contributed by atoms with Gasteiger partial charge in [-0.15, -0.1) is 6.58 Å². The summed E-state index contributed by atoms with van der Waals surface area (Å²) in [6.07, 6.45) is 3.84. The van der Waals surface area contributed by atoms with E-state index in [0.29, 0.717) is 63.6 Å². The van der Waals surface area contributed by atoms with Gasteiger partial charge in [0, 0.05) is 11.1 Å². The fourth-order valence-corrected chi connectivity index (χ4v) is 5.23. The van der Waals surface area contributed by atoms with E-state index in [-0.39, 0.29) is 18.0 Å². The Balaban J connectivity index is 1.45. The van der Waals surface area contributed by atoms with E-state index in [4.69, 9.17) is 23.6 Å². The summed E-state index contributed by atoms with van der Waals surface area (Å²) in [4.78, 5) is 18.6. The summed E-state index contributed by atoms with van der Waals surface area (Å²) in [6, 6.07) is 27.6. The number of furan rings is 1. The van der Waals surface area contributed by atoms with Crippen LogP contribution in [0.4, 0.5) is 0 Å². The fourth-order valence-electron chi connectivity index (χ4n) is 5.23. The summed E-state index contributed by atoms with van der Waals surface area (Å²) in [7, 11) is 1.59. The Morgan fingerprint density at radius 3 is 2.61 bits per heavy atom. The lowest BCUT2D eigenvalue weighted by Crippen LogP contribution is -2.20. The normalized spacial score (nSPS) is 11.2. The van der Waals surface area contributed by atoms with Gasteiger partial charge in [0.25, 0.3) is 5.56 Å². The average Bonchev–Trinajstić information content (AvgIpc) is 3.52. The minimum atomic E-state index is -0.350. The molecule has 0 fully saturated rings. The quantitative estimate of drug-likeness (QED) is 0.112. The number of nitriles is 1. The van der Waals surface area contributed by atoms with Gasteiger partial charge in [-0.1, -0.05) is 42.5 Å². The van der Waals surface area contributed by atoms with Crippen molar-refractivity contribution in [1.82, 2.24) is 9.66 Å². The molecule has 0 saturated heterocycles. The molecule has 6 rings (SSSR count). The fraction of sp³-hybridized carbons (Fsp3) is 0.135. The van der Waals surface area contributed by atoms with Crippen LogP contribution in [0, 0.1) is 11.3 Å². The van der Waals surface area contributed by atoms with Gasteiger partial charge in [0.05, 0.1) is 47.9 Å². The first kappa shape index (κ1) is 29.9. The van der Waals surface area contributed by atoms with Crippen LogP contribution in [0.5, 0.6) is 17.2 Å². The Bertz CT molecular complexity index is 2210. The molecule has 0 aliphatic heterocycles. The molecule has 2 heterocycles. The number of para-hydroxylation sites is 1. The molecule has 9 nitrogen and oxygen atoms in total. The van der Waals surface area contributed by atoms with Gasteiger partial charge in [-0.3, -0.25) is 4.79 Å². The molecule has 2 aromatic heterocycles. The van der Waals surface area contributed by atoms with E-state index in [1.807, 2.05) is 55.5 Å². The summed E-state index contributed by atoms with van der Waals surface area (Å²) in [5.41, 5.74) is 3.55. The van der Waals surface area contributed by atoms with Gasteiger partial charge in [0.1, 0.15) is 17.9 Å². The average molecular weight is 611 g/mol. The van der Waals surface area contributed by atoms with Crippen LogP contribution in [0.1, 0.15) is 29.2 Å². The second-order valence-electron chi connectivity index (χ2n) is 10.3. The number of rotatable bonds is 11. The third-order valence-corrected chi connectivity index (χ3v) is 7.37. The Morgan fingerprint density at radius 2 is 1.80 bits per heavy atom. The lowest BCUT2D eigenvalue weighted by Gasteiger charge is -2.17. The van der Waals surface area contributed by atoms with E-state index in [0.717, 1.165) is 16.5 Å². The molecule has 0 unspecified atom stereocenters. The van der Waals surface area contributed by atoms with Crippen molar-refractivity contribution in [3.63, 3.8) is 0 Å². The maximum atomic E-state index is 13.8. The molecular weight excluding hydrogens is 580 g/mol. The minimum absolute atomic E-state index is 0.186. The van der Waals surface area contributed by atoms with Crippen LogP contribution in [-0.2, 0) is 13.0 Å². The topological polar surface area (TPSA) is 112 Å². The number of benzene rings is 4. The zero-order chi connectivity index (χ0) is 32.0. The predicted molar refractivity (Wildman–Crippen MR) is 178 cm³/mol. The number of allylic oxidation sites excluding steroid dienone is 1. The first-order valence-electron chi connectivity index (χ1n) is 14.7. The van der Waals surface area contributed by atoms with Gasteiger partial charge in [-0.05, 0) is 67.4 Å². The lowest BCUT2D eigenvalue weighted by molar-refractivity contribution is 0.267. The molecule has 0 radical (unpaired) electrons.